The van der Waals surface area contributed by atoms with E-state index in [9.17, 15) is 4.79 Å². The van der Waals surface area contributed by atoms with Gasteiger partial charge in [0.05, 0.1) is 17.3 Å². The second-order valence-electron chi connectivity index (χ2n) is 5.93. The zero-order valence-corrected chi connectivity index (χ0v) is 16.2. The van der Waals surface area contributed by atoms with Crippen LogP contribution in [0.3, 0.4) is 0 Å². The van der Waals surface area contributed by atoms with Crippen molar-refractivity contribution in [3.63, 3.8) is 0 Å². The molecule has 27 heavy (non-hydrogen) atoms. The standard InChI is InChI=1S/C19H22N4O3S/c1-3-25-16-6-4-14(5-7-16)19-22-18(26-23-19)9-8-17(24)20-11-10-15-12-27-13(2)21-15/h4-7,12H,3,8-11H2,1-2H3,(H,20,24). The number of nitrogens with zero attached hydrogens (tertiary/aromatic N) is 3. The van der Waals surface area contributed by atoms with Gasteiger partial charge in [-0.1, -0.05) is 5.16 Å². The third-order valence-corrected chi connectivity index (χ3v) is 4.65. The maximum absolute atomic E-state index is 12.0. The van der Waals surface area contributed by atoms with E-state index < -0.39 is 0 Å². The summed E-state index contributed by atoms with van der Waals surface area (Å²) in [7, 11) is 0. The molecule has 8 heteroatoms. The van der Waals surface area contributed by atoms with Gasteiger partial charge in [0.2, 0.25) is 17.6 Å². The third-order valence-electron chi connectivity index (χ3n) is 3.83. The SMILES string of the molecule is CCOc1ccc(-c2noc(CCC(=O)NCCc3csc(C)n3)n2)cc1. The summed E-state index contributed by atoms with van der Waals surface area (Å²) in [5.41, 5.74) is 1.85. The normalized spacial score (nSPS) is 10.7. The first-order valence-corrected chi connectivity index (χ1v) is 9.75. The minimum absolute atomic E-state index is 0.0391. The van der Waals surface area contributed by atoms with Crippen molar-refractivity contribution in [2.45, 2.75) is 33.1 Å². The molecule has 0 aliphatic heterocycles. The molecule has 0 radical (unpaired) electrons. The molecule has 0 fully saturated rings. The summed E-state index contributed by atoms with van der Waals surface area (Å²) >= 11 is 1.62. The van der Waals surface area contributed by atoms with Gasteiger partial charge in [-0.2, -0.15) is 4.98 Å². The summed E-state index contributed by atoms with van der Waals surface area (Å²) in [6.07, 6.45) is 1.45. The number of carbonyl (C=O) groups is 1. The van der Waals surface area contributed by atoms with Gasteiger partial charge in [0.15, 0.2) is 0 Å². The Morgan fingerprint density at radius 3 is 2.74 bits per heavy atom. The highest BCUT2D eigenvalue weighted by Crippen LogP contribution is 2.20. The van der Waals surface area contributed by atoms with Gasteiger partial charge in [0, 0.05) is 36.8 Å². The molecular weight excluding hydrogens is 364 g/mol. The Hall–Kier alpha value is -2.74. The Labute approximate surface area is 161 Å². The van der Waals surface area contributed by atoms with E-state index in [1.54, 1.807) is 11.3 Å². The van der Waals surface area contributed by atoms with Crippen LogP contribution in [0.15, 0.2) is 34.2 Å². The molecule has 0 aliphatic carbocycles. The summed E-state index contributed by atoms with van der Waals surface area (Å²) in [5, 5.41) is 9.92. The van der Waals surface area contributed by atoms with Crippen molar-refractivity contribution in [3.05, 3.63) is 46.2 Å². The summed E-state index contributed by atoms with van der Waals surface area (Å²) in [6.45, 7) is 5.11. The van der Waals surface area contributed by atoms with E-state index >= 15 is 0 Å². The van der Waals surface area contributed by atoms with Crippen LogP contribution in [0.2, 0.25) is 0 Å². The number of thiazole rings is 1. The topological polar surface area (TPSA) is 90.1 Å². The predicted octanol–water partition coefficient (Wildman–Crippen LogP) is 3.19. The molecule has 1 aromatic carbocycles. The monoisotopic (exact) mass is 386 g/mol. The molecule has 0 spiro atoms. The van der Waals surface area contributed by atoms with E-state index in [2.05, 4.69) is 20.4 Å². The molecule has 2 heterocycles. The zero-order valence-electron chi connectivity index (χ0n) is 15.4. The molecule has 142 valence electrons. The summed E-state index contributed by atoms with van der Waals surface area (Å²) < 4.78 is 10.7. The minimum atomic E-state index is -0.0391. The lowest BCUT2D eigenvalue weighted by atomic mass is 10.2. The van der Waals surface area contributed by atoms with Crippen molar-refractivity contribution in [2.75, 3.05) is 13.2 Å². The van der Waals surface area contributed by atoms with Crippen LogP contribution >= 0.6 is 11.3 Å². The average molecular weight is 386 g/mol. The molecule has 1 amide bonds. The molecule has 1 N–H and O–H groups in total. The number of ether oxygens (including phenoxy) is 1. The van der Waals surface area contributed by atoms with E-state index in [0.29, 0.717) is 37.7 Å². The van der Waals surface area contributed by atoms with Gasteiger partial charge in [-0.05, 0) is 38.1 Å². The van der Waals surface area contributed by atoms with Gasteiger partial charge in [0.1, 0.15) is 5.75 Å². The first-order valence-electron chi connectivity index (χ1n) is 8.87. The van der Waals surface area contributed by atoms with E-state index in [0.717, 1.165) is 28.4 Å². The lowest BCUT2D eigenvalue weighted by Gasteiger charge is -2.02. The van der Waals surface area contributed by atoms with Gasteiger partial charge < -0.3 is 14.6 Å². The Balaban J connectivity index is 1.44. The maximum Gasteiger partial charge on any atom is 0.227 e. The number of aryl methyl sites for hydroxylation is 2. The van der Waals surface area contributed by atoms with Crippen molar-refractivity contribution in [1.29, 1.82) is 0 Å². The Bertz CT molecular complexity index is 873. The van der Waals surface area contributed by atoms with Crippen LogP contribution in [0.5, 0.6) is 5.75 Å². The van der Waals surface area contributed by atoms with E-state index in [4.69, 9.17) is 9.26 Å². The molecule has 0 unspecified atom stereocenters. The largest absolute Gasteiger partial charge is 0.494 e. The lowest BCUT2D eigenvalue weighted by Crippen LogP contribution is -2.26. The van der Waals surface area contributed by atoms with Crippen molar-refractivity contribution < 1.29 is 14.1 Å². The van der Waals surface area contributed by atoms with Crippen LogP contribution in [0.4, 0.5) is 0 Å². The molecule has 3 aromatic rings. The molecule has 0 aliphatic rings. The van der Waals surface area contributed by atoms with Crippen molar-refractivity contribution >= 4 is 17.2 Å². The van der Waals surface area contributed by atoms with Gasteiger partial charge in [-0.15, -0.1) is 11.3 Å². The number of amides is 1. The molecule has 7 nitrogen and oxygen atoms in total. The number of rotatable bonds is 9. The van der Waals surface area contributed by atoms with Crippen LogP contribution in [-0.2, 0) is 17.6 Å². The van der Waals surface area contributed by atoms with Gasteiger partial charge in [-0.25, -0.2) is 4.98 Å². The van der Waals surface area contributed by atoms with Crippen LogP contribution < -0.4 is 10.1 Å². The van der Waals surface area contributed by atoms with E-state index in [1.165, 1.54) is 0 Å². The second kappa shape index (κ2) is 9.27. The van der Waals surface area contributed by atoms with Crippen LogP contribution in [0.25, 0.3) is 11.4 Å². The van der Waals surface area contributed by atoms with Gasteiger partial charge in [0.25, 0.3) is 0 Å². The van der Waals surface area contributed by atoms with Crippen LogP contribution in [0.1, 0.15) is 29.9 Å². The lowest BCUT2D eigenvalue weighted by molar-refractivity contribution is -0.121. The van der Waals surface area contributed by atoms with Crippen molar-refractivity contribution in [1.82, 2.24) is 20.4 Å². The number of carbonyl (C=O) groups excluding carboxylic acids is 1. The van der Waals surface area contributed by atoms with Crippen molar-refractivity contribution in [3.8, 4) is 17.1 Å². The van der Waals surface area contributed by atoms with Crippen LogP contribution in [-0.4, -0.2) is 34.2 Å². The number of hydrogen-bond acceptors (Lipinski definition) is 7. The summed E-state index contributed by atoms with van der Waals surface area (Å²) in [4.78, 5) is 20.7. The minimum Gasteiger partial charge on any atom is -0.494 e. The highest BCUT2D eigenvalue weighted by atomic mass is 32.1. The highest BCUT2D eigenvalue weighted by molar-refractivity contribution is 7.09. The number of hydrogen-bond donors (Lipinski definition) is 1. The molecule has 0 bridgehead atoms. The highest BCUT2D eigenvalue weighted by Gasteiger charge is 2.11. The Kier molecular flexibility index (Phi) is 6.54. The second-order valence-corrected chi connectivity index (χ2v) is 6.99. The summed E-state index contributed by atoms with van der Waals surface area (Å²) in [5.74, 6) is 1.72. The first-order chi connectivity index (χ1) is 13.1. The predicted molar refractivity (Wildman–Crippen MR) is 103 cm³/mol. The fourth-order valence-electron chi connectivity index (χ4n) is 2.50. The maximum atomic E-state index is 12.0. The zero-order chi connectivity index (χ0) is 19.1. The number of aromatic nitrogens is 3. The molecule has 0 saturated carbocycles. The molecule has 2 aromatic heterocycles. The Morgan fingerprint density at radius 1 is 1.22 bits per heavy atom. The number of nitrogens with one attached hydrogen (secondary N) is 1. The molecule has 0 atom stereocenters. The third kappa shape index (κ3) is 5.62. The van der Waals surface area contributed by atoms with Crippen molar-refractivity contribution in [2.24, 2.45) is 0 Å². The van der Waals surface area contributed by atoms with Gasteiger partial charge in [-0.3, -0.25) is 4.79 Å². The fourth-order valence-corrected chi connectivity index (χ4v) is 3.15. The molecule has 0 saturated heterocycles. The molecule has 3 rings (SSSR count). The smallest absolute Gasteiger partial charge is 0.227 e. The van der Waals surface area contributed by atoms with Crippen LogP contribution in [0, 0.1) is 6.92 Å². The quantitative estimate of drug-likeness (QED) is 0.607. The summed E-state index contributed by atoms with van der Waals surface area (Å²) in [6, 6.07) is 7.50. The first kappa shape index (κ1) is 19.0. The van der Waals surface area contributed by atoms with E-state index in [1.807, 2.05) is 43.5 Å². The fraction of sp³-hybridized carbons (Fsp3) is 0.368. The Morgan fingerprint density at radius 2 is 2.04 bits per heavy atom. The number of benzene rings is 1. The van der Waals surface area contributed by atoms with E-state index in [-0.39, 0.29) is 5.91 Å². The van der Waals surface area contributed by atoms with Gasteiger partial charge >= 0.3 is 0 Å². The average Bonchev–Trinajstić information content (AvgIpc) is 3.30. The molecular formula is C19H22N4O3S.